The first-order chi connectivity index (χ1) is 6.44. The van der Waals surface area contributed by atoms with E-state index in [0.717, 1.165) is 18.3 Å². The fourth-order valence-corrected chi connectivity index (χ4v) is 5.89. The molecule has 1 rings (SSSR count). The first-order valence-corrected chi connectivity index (χ1v) is 9.82. The molecule has 0 aliphatic carbocycles. The van der Waals surface area contributed by atoms with Gasteiger partial charge >= 0.3 is 108 Å². The predicted octanol–water partition coefficient (Wildman–Crippen LogP) is -4.46. The molecule has 2 atom stereocenters. The van der Waals surface area contributed by atoms with Gasteiger partial charge < -0.3 is 0 Å². The van der Waals surface area contributed by atoms with Crippen LogP contribution >= 0.6 is 22.6 Å². The van der Waals surface area contributed by atoms with E-state index in [4.69, 9.17) is 4.18 Å². The van der Waals surface area contributed by atoms with Crippen molar-refractivity contribution < 1.29 is 42.0 Å². The molecule has 1 fully saturated rings. The average Bonchev–Trinajstić information content (AvgIpc) is 2.34. The third kappa shape index (κ3) is 3.87. The molecule has 5 nitrogen and oxygen atoms in total. The zero-order chi connectivity index (χ0) is 10.8. The first-order valence-electron chi connectivity index (χ1n) is 3.87. The van der Waals surface area contributed by atoms with Crippen molar-refractivity contribution in [3.63, 3.8) is 0 Å². The van der Waals surface area contributed by atoms with Crippen molar-refractivity contribution in [2.75, 3.05) is 15.2 Å². The molecule has 0 saturated carbocycles. The summed E-state index contributed by atoms with van der Waals surface area (Å²) in [5.41, 5.74) is 0. The van der Waals surface area contributed by atoms with E-state index in [1.807, 2.05) is 0 Å². The number of quaternary nitrogens is 1. The summed E-state index contributed by atoms with van der Waals surface area (Å²) in [6.07, 6.45) is 0.770. The average molecular weight is 447 g/mol. The molecule has 1 N–H and O–H groups in total. The Bertz CT molecular complexity index is 318. The number of rotatable bonds is 4. The van der Waals surface area contributed by atoms with Crippen LogP contribution in [0.25, 0.3) is 0 Å². The number of carbonyl (C=O) groups excluding carboxylic acids is 1. The van der Waals surface area contributed by atoms with Gasteiger partial charge in [-0.15, -0.1) is 0 Å². The van der Waals surface area contributed by atoms with Gasteiger partial charge in [0.25, 0.3) is 0 Å². The molecule has 0 aromatic carbocycles. The summed E-state index contributed by atoms with van der Waals surface area (Å²) in [4.78, 5) is 11.6. The SMILES string of the molecule is CS(=O)(=O)OC1CC[NH+]([I-]CI)C1=O. The van der Waals surface area contributed by atoms with E-state index in [-0.39, 0.29) is 27.4 Å². The Morgan fingerprint density at radius 2 is 2.36 bits per heavy atom. The Balaban J connectivity index is 2.56. The minimum absolute atomic E-state index is 0.0834. The molecule has 84 valence electrons. The molecule has 0 bridgehead atoms. The predicted molar refractivity (Wildman–Crippen MR) is 54.1 cm³/mol. The standard InChI is InChI=1S/C6H11I2NO4S/c1-14(11,12)13-5-2-3-9(6(5)10)8-4-7/h5,9H,2-4H2,1H3. The first kappa shape index (κ1) is 13.1. The molecule has 0 radical (unpaired) electrons. The van der Waals surface area contributed by atoms with E-state index in [9.17, 15) is 13.2 Å². The fourth-order valence-electron chi connectivity index (χ4n) is 1.18. The number of amides is 1. The molecule has 0 aromatic rings. The van der Waals surface area contributed by atoms with Gasteiger partial charge in [-0.2, -0.15) is 0 Å². The molecule has 0 aromatic heterocycles. The van der Waals surface area contributed by atoms with Crippen LogP contribution in [0, 0.1) is 0 Å². The minimum atomic E-state index is -3.50. The van der Waals surface area contributed by atoms with Gasteiger partial charge in [0.1, 0.15) is 0 Å². The van der Waals surface area contributed by atoms with Crippen LogP contribution in [0.1, 0.15) is 6.42 Å². The van der Waals surface area contributed by atoms with Crippen LogP contribution in [0.4, 0.5) is 0 Å². The van der Waals surface area contributed by atoms with Gasteiger partial charge in [-0.1, -0.05) is 0 Å². The zero-order valence-electron chi connectivity index (χ0n) is 7.50. The molecule has 1 saturated heterocycles. The summed E-state index contributed by atoms with van der Waals surface area (Å²) in [6, 6.07) is 0. The van der Waals surface area contributed by atoms with Crippen molar-refractivity contribution in [3.8, 4) is 0 Å². The molecule has 1 heterocycles. The van der Waals surface area contributed by atoms with Gasteiger partial charge in [0.15, 0.2) is 0 Å². The van der Waals surface area contributed by atoms with Crippen LogP contribution in [-0.4, -0.2) is 35.7 Å². The third-order valence-corrected chi connectivity index (χ3v) is 6.48. The molecular formula is C6H11I2NO4S. The van der Waals surface area contributed by atoms with Crippen molar-refractivity contribution in [2.45, 2.75) is 12.5 Å². The summed E-state index contributed by atoms with van der Waals surface area (Å²) >= 11 is 2.03. The van der Waals surface area contributed by atoms with Gasteiger partial charge in [-0.3, -0.25) is 0 Å². The summed E-state index contributed by atoms with van der Waals surface area (Å²) in [7, 11) is -3.50. The Labute approximate surface area is 107 Å². The summed E-state index contributed by atoms with van der Waals surface area (Å²) in [6.45, 7) is 0.718. The number of alkyl halides is 2. The van der Waals surface area contributed by atoms with Gasteiger partial charge in [0.05, 0.1) is 0 Å². The van der Waals surface area contributed by atoms with Crippen molar-refractivity contribution in [3.05, 3.63) is 0 Å². The van der Waals surface area contributed by atoms with E-state index in [1.54, 1.807) is 0 Å². The van der Waals surface area contributed by atoms with E-state index < -0.39 is 16.2 Å². The van der Waals surface area contributed by atoms with Crippen LogP contribution in [0.5, 0.6) is 0 Å². The Hall–Kier alpha value is 1.000. The monoisotopic (exact) mass is 447 g/mol. The molecule has 2 unspecified atom stereocenters. The molecule has 1 aliphatic rings. The Kier molecular flexibility index (Phi) is 5.01. The topological polar surface area (TPSA) is 64.9 Å². The number of hydrogen-bond donors (Lipinski definition) is 1. The van der Waals surface area contributed by atoms with Crippen LogP contribution < -0.4 is 24.6 Å². The number of nitrogens with one attached hydrogen (secondary N) is 1. The van der Waals surface area contributed by atoms with Crippen LogP contribution in [0.3, 0.4) is 0 Å². The molecule has 14 heavy (non-hydrogen) atoms. The van der Waals surface area contributed by atoms with Gasteiger partial charge in [0.2, 0.25) is 0 Å². The van der Waals surface area contributed by atoms with Crippen molar-refractivity contribution in [1.29, 1.82) is 0 Å². The maximum atomic E-state index is 11.6. The van der Waals surface area contributed by atoms with Crippen LogP contribution in [0.2, 0.25) is 0 Å². The van der Waals surface area contributed by atoms with Crippen molar-refractivity contribution in [2.24, 2.45) is 0 Å². The molecule has 8 heteroatoms. The Morgan fingerprint density at radius 3 is 2.86 bits per heavy atom. The molecule has 1 aliphatic heterocycles. The van der Waals surface area contributed by atoms with E-state index in [2.05, 4.69) is 22.6 Å². The normalized spacial score (nSPS) is 28.6. The summed E-state index contributed by atoms with van der Waals surface area (Å²) in [5, 5.41) is 0. The summed E-state index contributed by atoms with van der Waals surface area (Å²) < 4.78 is 28.3. The fraction of sp³-hybridized carbons (Fsp3) is 0.833. The molecular weight excluding hydrogens is 436 g/mol. The van der Waals surface area contributed by atoms with Crippen molar-refractivity contribution >= 4 is 38.6 Å². The van der Waals surface area contributed by atoms with Crippen LogP contribution in [0.15, 0.2) is 0 Å². The second-order valence-electron chi connectivity index (χ2n) is 2.83. The Morgan fingerprint density at radius 1 is 1.71 bits per heavy atom. The maximum absolute atomic E-state index is 11.6. The molecule has 0 spiro atoms. The quantitative estimate of drug-likeness (QED) is 0.205. The van der Waals surface area contributed by atoms with Crippen LogP contribution in [-0.2, 0) is 19.1 Å². The number of halogens is 2. The number of hydrogen-bond acceptors (Lipinski definition) is 4. The van der Waals surface area contributed by atoms with Gasteiger partial charge in [-0.05, 0) is 0 Å². The second kappa shape index (κ2) is 5.37. The zero-order valence-corrected chi connectivity index (χ0v) is 12.6. The van der Waals surface area contributed by atoms with E-state index in [1.165, 1.54) is 0 Å². The second-order valence-corrected chi connectivity index (χ2v) is 10.9. The van der Waals surface area contributed by atoms with Crippen molar-refractivity contribution in [1.82, 2.24) is 0 Å². The molecule has 1 amide bonds. The van der Waals surface area contributed by atoms with E-state index in [0.29, 0.717) is 6.42 Å². The number of carbonyl (C=O) groups is 1. The third-order valence-electron chi connectivity index (χ3n) is 1.69. The van der Waals surface area contributed by atoms with E-state index >= 15 is 0 Å². The van der Waals surface area contributed by atoms with Gasteiger partial charge in [-0.25, -0.2) is 0 Å². The summed E-state index contributed by atoms with van der Waals surface area (Å²) in [5.74, 6) is -0.0834. The van der Waals surface area contributed by atoms with Gasteiger partial charge in [0, 0.05) is 0 Å².